The van der Waals surface area contributed by atoms with E-state index in [0.717, 1.165) is 31.9 Å². The molecule has 5 rings (SSSR count). The molecule has 4 aromatic rings. The number of amides is 1. The number of rotatable bonds is 5. The van der Waals surface area contributed by atoms with Crippen LogP contribution in [-0.2, 0) is 11.2 Å². The van der Waals surface area contributed by atoms with Gasteiger partial charge < -0.3 is 4.42 Å². The van der Waals surface area contributed by atoms with Gasteiger partial charge in [-0.1, -0.05) is 47.8 Å². The second-order valence-corrected chi connectivity index (χ2v) is 9.62. The van der Waals surface area contributed by atoms with Crippen LogP contribution in [0.3, 0.4) is 0 Å². The Morgan fingerprint density at radius 2 is 1.77 bits per heavy atom. The van der Waals surface area contributed by atoms with Crippen molar-refractivity contribution in [2.45, 2.75) is 28.4 Å². The minimum Gasteiger partial charge on any atom is -0.416 e. The average Bonchev–Trinajstić information content (AvgIpc) is 3.39. The molecule has 1 aliphatic heterocycles. The van der Waals surface area contributed by atoms with Crippen LogP contribution >= 0.6 is 34.9 Å². The van der Waals surface area contributed by atoms with Gasteiger partial charge >= 0.3 is 0 Å². The van der Waals surface area contributed by atoms with Crippen molar-refractivity contribution in [2.24, 2.45) is 0 Å². The molecule has 0 spiro atoms. The molecule has 0 fully saturated rings. The second-order valence-electron chi connectivity index (χ2n) is 6.55. The molecular formula is C21H16N4O2S3. The van der Waals surface area contributed by atoms with Crippen molar-refractivity contribution in [3.63, 3.8) is 0 Å². The molecule has 1 aliphatic rings. The Bertz CT molecular complexity index is 1170. The fraction of sp³-hybridized carbons (Fsp3) is 0.143. The summed E-state index contributed by atoms with van der Waals surface area (Å²) in [5, 5.41) is 11.5. The van der Waals surface area contributed by atoms with E-state index < -0.39 is 0 Å². The van der Waals surface area contributed by atoms with E-state index in [1.807, 2.05) is 60.8 Å². The van der Waals surface area contributed by atoms with Crippen molar-refractivity contribution in [2.75, 3.05) is 10.7 Å². The summed E-state index contributed by atoms with van der Waals surface area (Å²) in [5.74, 6) is 0.667. The van der Waals surface area contributed by atoms with Crippen LogP contribution in [-0.4, -0.2) is 26.8 Å². The molecule has 1 amide bonds. The molecule has 0 saturated heterocycles. The van der Waals surface area contributed by atoms with Crippen LogP contribution < -0.4 is 4.90 Å². The third-order valence-corrected chi connectivity index (χ3v) is 7.20. The number of thioether (sulfide) groups is 1. The monoisotopic (exact) mass is 452 g/mol. The molecule has 9 heteroatoms. The van der Waals surface area contributed by atoms with Crippen LogP contribution in [0, 0.1) is 6.92 Å². The van der Waals surface area contributed by atoms with E-state index in [0.29, 0.717) is 17.5 Å². The summed E-state index contributed by atoms with van der Waals surface area (Å²) in [6.45, 7) is 1.96. The third-order valence-electron chi connectivity index (χ3n) is 4.45. The van der Waals surface area contributed by atoms with Crippen molar-refractivity contribution in [1.82, 2.24) is 15.2 Å². The predicted molar refractivity (Wildman–Crippen MR) is 119 cm³/mol. The van der Waals surface area contributed by atoms with Gasteiger partial charge in [0.15, 0.2) is 0 Å². The molecule has 0 atom stereocenters. The fourth-order valence-corrected chi connectivity index (χ4v) is 5.47. The summed E-state index contributed by atoms with van der Waals surface area (Å²) >= 11 is 4.52. The fourth-order valence-electron chi connectivity index (χ4n) is 3.17. The number of para-hydroxylation sites is 2. The van der Waals surface area contributed by atoms with E-state index in [-0.39, 0.29) is 11.7 Å². The topological polar surface area (TPSA) is 72.1 Å². The number of anilines is 2. The first kappa shape index (κ1) is 19.3. The van der Waals surface area contributed by atoms with Crippen LogP contribution in [0.4, 0.5) is 11.4 Å². The smallest absolute Gasteiger partial charge is 0.277 e. The number of thiazole rings is 1. The van der Waals surface area contributed by atoms with Crippen molar-refractivity contribution in [3.8, 4) is 0 Å². The van der Waals surface area contributed by atoms with Crippen molar-refractivity contribution >= 4 is 52.1 Å². The highest BCUT2D eigenvalue weighted by Crippen LogP contribution is 2.48. The number of hydrogen-bond acceptors (Lipinski definition) is 8. The van der Waals surface area contributed by atoms with Gasteiger partial charge in [0.25, 0.3) is 5.22 Å². The first-order valence-corrected chi connectivity index (χ1v) is 11.9. The summed E-state index contributed by atoms with van der Waals surface area (Å²) in [5.41, 5.74) is 2.71. The summed E-state index contributed by atoms with van der Waals surface area (Å²) < 4.78 is 5.70. The Labute approximate surface area is 185 Å². The van der Waals surface area contributed by atoms with Crippen LogP contribution in [0.1, 0.15) is 16.6 Å². The van der Waals surface area contributed by atoms with Gasteiger partial charge in [0.2, 0.25) is 11.8 Å². The minimum absolute atomic E-state index is 0.0323. The normalized spacial score (nSPS) is 12.5. The number of aromatic nitrogens is 3. The molecule has 0 saturated carbocycles. The maximum atomic E-state index is 13.2. The molecule has 6 nitrogen and oxygen atoms in total. The van der Waals surface area contributed by atoms with Crippen LogP contribution in [0.5, 0.6) is 0 Å². The number of carbonyl (C=O) groups is 1. The van der Waals surface area contributed by atoms with Crippen LogP contribution in [0.15, 0.2) is 73.3 Å². The van der Waals surface area contributed by atoms with Gasteiger partial charge in [-0.25, -0.2) is 4.98 Å². The molecule has 0 unspecified atom stereocenters. The molecule has 0 radical (unpaired) electrons. The summed E-state index contributed by atoms with van der Waals surface area (Å²) in [7, 11) is 0. The lowest BCUT2D eigenvalue weighted by atomic mass is 10.2. The molecule has 2 aromatic heterocycles. The van der Waals surface area contributed by atoms with E-state index >= 15 is 0 Å². The van der Waals surface area contributed by atoms with Gasteiger partial charge in [-0.15, -0.1) is 21.5 Å². The van der Waals surface area contributed by atoms with Gasteiger partial charge in [-0.2, -0.15) is 0 Å². The third kappa shape index (κ3) is 3.88. The van der Waals surface area contributed by atoms with Crippen LogP contribution in [0.25, 0.3) is 0 Å². The van der Waals surface area contributed by atoms with Crippen molar-refractivity contribution < 1.29 is 9.21 Å². The number of fused-ring (bicyclic) bond motifs is 2. The van der Waals surface area contributed by atoms with Gasteiger partial charge in [0.1, 0.15) is 0 Å². The Morgan fingerprint density at radius 3 is 2.43 bits per heavy atom. The van der Waals surface area contributed by atoms with E-state index in [2.05, 4.69) is 15.2 Å². The van der Waals surface area contributed by atoms with Gasteiger partial charge in [0.05, 0.1) is 34.2 Å². The SMILES string of the molecule is Cc1nc(Cc2nnc(SCC(=O)N3c4ccccc4Sc4ccccc43)o2)cs1. The van der Waals surface area contributed by atoms with E-state index in [1.165, 1.54) is 11.8 Å². The number of benzene rings is 2. The largest absolute Gasteiger partial charge is 0.416 e. The molecule has 3 heterocycles. The average molecular weight is 453 g/mol. The zero-order chi connectivity index (χ0) is 20.5. The molecular weight excluding hydrogens is 436 g/mol. The first-order valence-electron chi connectivity index (χ1n) is 9.22. The highest BCUT2D eigenvalue weighted by molar-refractivity contribution is 8.00. The maximum Gasteiger partial charge on any atom is 0.277 e. The lowest BCUT2D eigenvalue weighted by molar-refractivity contribution is -0.115. The number of hydrogen-bond donors (Lipinski definition) is 0. The Kier molecular flexibility index (Phi) is 5.32. The highest BCUT2D eigenvalue weighted by atomic mass is 32.2. The first-order chi connectivity index (χ1) is 14.7. The van der Waals surface area contributed by atoms with Gasteiger partial charge in [-0.05, 0) is 31.2 Å². The van der Waals surface area contributed by atoms with Crippen LogP contribution in [0.2, 0.25) is 0 Å². The minimum atomic E-state index is -0.0323. The quantitative estimate of drug-likeness (QED) is 0.378. The zero-order valence-corrected chi connectivity index (χ0v) is 18.4. The van der Waals surface area contributed by atoms with Gasteiger partial charge in [0, 0.05) is 15.2 Å². The van der Waals surface area contributed by atoms with E-state index in [1.54, 1.807) is 28.0 Å². The predicted octanol–water partition coefficient (Wildman–Crippen LogP) is 5.35. The highest BCUT2D eigenvalue weighted by Gasteiger charge is 2.28. The van der Waals surface area contributed by atoms with Crippen molar-refractivity contribution in [3.05, 3.63) is 70.5 Å². The standard InChI is InChI=1S/C21H16N4O2S3/c1-13-22-14(11-28-13)10-19-23-24-21(27-19)29-12-20(26)25-15-6-2-4-8-17(15)30-18-9-5-3-7-16(18)25/h2-9,11H,10,12H2,1H3. The number of carbonyl (C=O) groups excluding carboxylic acids is 1. The summed E-state index contributed by atoms with van der Waals surface area (Å²) in [6, 6.07) is 15.9. The Balaban J connectivity index is 1.32. The van der Waals surface area contributed by atoms with E-state index in [9.17, 15) is 4.79 Å². The Morgan fingerprint density at radius 1 is 1.07 bits per heavy atom. The van der Waals surface area contributed by atoms with Crippen molar-refractivity contribution in [1.29, 1.82) is 0 Å². The molecule has 0 aliphatic carbocycles. The lowest BCUT2D eigenvalue weighted by Gasteiger charge is -2.30. The zero-order valence-electron chi connectivity index (χ0n) is 15.9. The molecule has 0 N–H and O–H groups in total. The summed E-state index contributed by atoms with van der Waals surface area (Å²) in [4.78, 5) is 21.5. The number of nitrogens with zero attached hydrogens (tertiary/aromatic N) is 4. The number of aryl methyl sites for hydroxylation is 1. The maximum absolute atomic E-state index is 13.2. The molecule has 150 valence electrons. The lowest BCUT2D eigenvalue weighted by Crippen LogP contribution is -2.29. The molecule has 0 bridgehead atoms. The summed E-state index contributed by atoms with van der Waals surface area (Å²) in [6.07, 6.45) is 0.496. The molecule has 2 aromatic carbocycles. The van der Waals surface area contributed by atoms with Gasteiger partial charge in [-0.3, -0.25) is 9.69 Å². The Hall–Kier alpha value is -2.62. The second kappa shape index (κ2) is 8.25. The van der Waals surface area contributed by atoms with E-state index in [4.69, 9.17) is 4.42 Å². The molecule has 30 heavy (non-hydrogen) atoms.